The largest absolute Gasteiger partial charge is 0.469 e. The van der Waals surface area contributed by atoms with E-state index in [4.69, 9.17) is 0 Å². The van der Waals surface area contributed by atoms with Crippen LogP contribution in [0, 0.1) is 5.82 Å². The summed E-state index contributed by atoms with van der Waals surface area (Å²) in [6.45, 7) is 4.09. The molecular weight excluding hydrogens is 353 g/mol. The zero-order valence-corrected chi connectivity index (χ0v) is 16.8. The summed E-state index contributed by atoms with van der Waals surface area (Å²) < 4.78 is 18.1. The lowest BCUT2D eigenvalue weighted by Gasteiger charge is -2.12. The number of thioether (sulfide) groups is 1. The average molecular weight is 384 g/mol. The summed E-state index contributed by atoms with van der Waals surface area (Å²) in [5, 5.41) is 6.52. The Bertz CT molecular complexity index is 582. The van der Waals surface area contributed by atoms with E-state index in [-0.39, 0.29) is 11.8 Å². The number of ether oxygens (including phenoxy) is 1. The van der Waals surface area contributed by atoms with Gasteiger partial charge in [-0.15, -0.1) is 0 Å². The van der Waals surface area contributed by atoms with Crippen LogP contribution in [0.2, 0.25) is 0 Å². The molecule has 0 aliphatic heterocycles. The highest BCUT2D eigenvalue weighted by Gasteiger charge is 2.05. The van der Waals surface area contributed by atoms with Crippen LogP contribution < -0.4 is 10.6 Å². The van der Waals surface area contributed by atoms with Gasteiger partial charge in [-0.25, -0.2) is 9.38 Å². The van der Waals surface area contributed by atoms with Crippen LogP contribution in [0.1, 0.15) is 43.7 Å². The number of carbonyl (C=O) groups excluding carboxylic acids is 1. The van der Waals surface area contributed by atoms with Crippen molar-refractivity contribution in [1.82, 2.24) is 10.6 Å². The molecular formula is C19H30FN3O2S. The number of hydrogen-bond donors (Lipinski definition) is 2. The van der Waals surface area contributed by atoms with Crippen molar-refractivity contribution in [2.45, 2.75) is 44.9 Å². The summed E-state index contributed by atoms with van der Waals surface area (Å²) in [6.07, 6.45) is 5.21. The Kier molecular flexibility index (Phi) is 11.5. The first-order valence-electron chi connectivity index (χ1n) is 8.96. The van der Waals surface area contributed by atoms with Crippen molar-refractivity contribution in [3.05, 3.63) is 35.1 Å². The van der Waals surface area contributed by atoms with Gasteiger partial charge < -0.3 is 15.4 Å². The van der Waals surface area contributed by atoms with Crippen molar-refractivity contribution in [3.63, 3.8) is 0 Å². The van der Waals surface area contributed by atoms with Crippen LogP contribution in [0.5, 0.6) is 0 Å². The molecule has 0 aliphatic carbocycles. The van der Waals surface area contributed by atoms with Crippen molar-refractivity contribution < 1.29 is 13.9 Å². The van der Waals surface area contributed by atoms with E-state index >= 15 is 0 Å². The lowest BCUT2D eigenvalue weighted by molar-refractivity contribution is -0.140. The minimum atomic E-state index is -0.209. The average Bonchev–Trinajstić information content (AvgIpc) is 2.63. The van der Waals surface area contributed by atoms with Gasteiger partial charge in [0, 0.05) is 25.3 Å². The van der Waals surface area contributed by atoms with Crippen LogP contribution >= 0.6 is 11.8 Å². The normalized spacial score (nSPS) is 11.3. The summed E-state index contributed by atoms with van der Waals surface area (Å²) >= 11 is 1.67. The van der Waals surface area contributed by atoms with Gasteiger partial charge in [0.05, 0.1) is 13.7 Å². The maximum Gasteiger partial charge on any atom is 0.305 e. The number of aliphatic imine (C=N–C) groups is 1. The number of halogens is 1. The minimum absolute atomic E-state index is 0.159. The summed E-state index contributed by atoms with van der Waals surface area (Å²) in [6, 6.07) is 4.88. The number of rotatable bonds is 11. The molecule has 0 spiro atoms. The molecule has 1 aromatic rings. The number of hydrogen-bond acceptors (Lipinski definition) is 4. The number of nitrogens with zero attached hydrogens (tertiary/aromatic N) is 1. The van der Waals surface area contributed by atoms with E-state index < -0.39 is 0 Å². The molecule has 0 fully saturated rings. The van der Waals surface area contributed by atoms with E-state index in [2.05, 4.69) is 20.4 Å². The van der Waals surface area contributed by atoms with Gasteiger partial charge in [-0.3, -0.25) is 4.79 Å². The van der Waals surface area contributed by atoms with E-state index in [0.29, 0.717) is 13.0 Å². The number of guanidine groups is 1. The second-order valence-electron chi connectivity index (χ2n) is 5.85. The molecule has 2 N–H and O–H groups in total. The van der Waals surface area contributed by atoms with Gasteiger partial charge in [-0.1, -0.05) is 12.5 Å². The fraction of sp³-hybridized carbons (Fsp3) is 0.579. The second kappa shape index (κ2) is 13.4. The molecule has 0 aromatic heterocycles. The first-order valence-corrected chi connectivity index (χ1v) is 10.3. The second-order valence-corrected chi connectivity index (χ2v) is 6.72. The van der Waals surface area contributed by atoms with Crippen LogP contribution in [-0.4, -0.2) is 38.4 Å². The van der Waals surface area contributed by atoms with E-state index in [0.717, 1.165) is 55.2 Å². The molecule has 0 heterocycles. The number of esters is 1. The standard InChI is InChI=1S/C19H30FN3O2S/c1-4-21-19(22-11-7-5-6-8-18(24)25-2)23-13-15-9-10-17(20)12-16(15)14-26-3/h9-10,12H,4-8,11,13-14H2,1-3H3,(H2,21,22,23). The van der Waals surface area contributed by atoms with Crippen LogP contribution in [0.25, 0.3) is 0 Å². The molecule has 0 aliphatic rings. The third kappa shape index (κ3) is 9.08. The van der Waals surface area contributed by atoms with Crippen LogP contribution in [0.3, 0.4) is 0 Å². The third-order valence-electron chi connectivity index (χ3n) is 3.80. The lowest BCUT2D eigenvalue weighted by atomic mass is 10.1. The van der Waals surface area contributed by atoms with E-state index in [1.165, 1.54) is 13.2 Å². The molecule has 0 radical (unpaired) electrons. The predicted molar refractivity (Wildman–Crippen MR) is 107 cm³/mol. The van der Waals surface area contributed by atoms with Gasteiger partial charge in [0.15, 0.2) is 5.96 Å². The smallest absolute Gasteiger partial charge is 0.305 e. The number of carbonyl (C=O) groups is 1. The summed E-state index contributed by atoms with van der Waals surface area (Å²) in [5.74, 6) is 1.15. The first-order chi connectivity index (χ1) is 12.6. The van der Waals surface area contributed by atoms with Gasteiger partial charge in [0.25, 0.3) is 0 Å². The molecule has 0 atom stereocenters. The maximum absolute atomic E-state index is 13.4. The van der Waals surface area contributed by atoms with Crippen LogP contribution in [0.15, 0.2) is 23.2 Å². The summed E-state index contributed by atoms with van der Waals surface area (Å²) in [5.41, 5.74) is 2.02. The van der Waals surface area contributed by atoms with Crippen molar-refractivity contribution >= 4 is 23.7 Å². The summed E-state index contributed by atoms with van der Waals surface area (Å²) in [4.78, 5) is 15.7. The Morgan fingerprint density at radius 3 is 2.73 bits per heavy atom. The van der Waals surface area contributed by atoms with Gasteiger partial charge >= 0.3 is 5.97 Å². The zero-order chi connectivity index (χ0) is 19.2. The molecule has 0 saturated carbocycles. The Morgan fingerprint density at radius 1 is 1.23 bits per heavy atom. The Morgan fingerprint density at radius 2 is 2.04 bits per heavy atom. The SMILES string of the molecule is CCNC(=NCc1ccc(F)cc1CSC)NCCCCCC(=O)OC. The molecule has 0 unspecified atom stereocenters. The topological polar surface area (TPSA) is 62.7 Å². The zero-order valence-electron chi connectivity index (χ0n) is 15.9. The van der Waals surface area contributed by atoms with Gasteiger partial charge in [0.1, 0.15) is 5.82 Å². The highest BCUT2D eigenvalue weighted by molar-refractivity contribution is 7.97. The molecule has 1 aromatic carbocycles. The quantitative estimate of drug-likeness (QED) is 0.265. The molecule has 5 nitrogen and oxygen atoms in total. The minimum Gasteiger partial charge on any atom is -0.469 e. The monoisotopic (exact) mass is 383 g/mol. The van der Waals surface area contributed by atoms with Crippen molar-refractivity contribution in [3.8, 4) is 0 Å². The molecule has 26 heavy (non-hydrogen) atoms. The first kappa shape index (κ1) is 22.3. The molecule has 0 amide bonds. The van der Waals surface area contributed by atoms with Crippen molar-refractivity contribution in [2.75, 3.05) is 26.5 Å². The number of nitrogens with one attached hydrogen (secondary N) is 2. The molecule has 0 bridgehead atoms. The van der Waals surface area contributed by atoms with Crippen LogP contribution in [-0.2, 0) is 21.8 Å². The molecule has 146 valence electrons. The third-order valence-corrected chi connectivity index (χ3v) is 4.40. The Balaban J connectivity index is 2.49. The highest BCUT2D eigenvalue weighted by atomic mass is 32.2. The number of benzene rings is 1. The number of unbranched alkanes of at least 4 members (excludes halogenated alkanes) is 2. The molecule has 1 rings (SSSR count). The van der Waals surface area contributed by atoms with Crippen LogP contribution in [0.4, 0.5) is 4.39 Å². The molecule has 7 heteroatoms. The fourth-order valence-corrected chi connectivity index (χ4v) is 3.00. The van der Waals surface area contributed by atoms with E-state index in [9.17, 15) is 9.18 Å². The summed E-state index contributed by atoms with van der Waals surface area (Å²) in [7, 11) is 1.41. The highest BCUT2D eigenvalue weighted by Crippen LogP contribution is 2.17. The van der Waals surface area contributed by atoms with Gasteiger partial charge in [0.2, 0.25) is 0 Å². The lowest BCUT2D eigenvalue weighted by Crippen LogP contribution is -2.37. The Hall–Kier alpha value is -1.76. The Labute approximate surface area is 160 Å². The predicted octanol–water partition coefficient (Wildman–Crippen LogP) is 3.48. The van der Waals surface area contributed by atoms with Gasteiger partial charge in [-0.05, 0) is 49.3 Å². The van der Waals surface area contributed by atoms with Crippen molar-refractivity contribution in [2.24, 2.45) is 4.99 Å². The van der Waals surface area contributed by atoms with Gasteiger partial charge in [-0.2, -0.15) is 11.8 Å². The number of methoxy groups -OCH3 is 1. The van der Waals surface area contributed by atoms with E-state index in [1.54, 1.807) is 23.9 Å². The van der Waals surface area contributed by atoms with E-state index in [1.807, 2.05) is 13.2 Å². The molecule has 0 saturated heterocycles. The fourth-order valence-electron chi connectivity index (χ4n) is 2.42. The maximum atomic E-state index is 13.4. The van der Waals surface area contributed by atoms with Crippen molar-refractivity contribution in [1.29, 1.82) is 0 Å².